The molecule has 0 aliphatic carbocycles. The summed E-state index contributed by atoms with van der Waals surface area (Å²) in [6.45, 7) is 7.95. The highest BCUT2D eigenvalue weighted by Crippen LogP contribution is 2.09. The first-order valence-corrected chi connectivity index (χ1v) is 7.46. The Hall–Kier alpha value is -2.38. The Morgan fingerprint density at radius 1 is 1.36 bits per heavy atom. The molecule has 0 aliphatic rings. The highest BCUT2D eigenvalue weighted by molar-refractivity contribution is 5.74. The molecule has 1 unspecified atom stereocenters. The second kappa shape index (κ2) is 7.06. The number of amides is 2. The highest BCUT2D eigenvalue weighted by Gasteiger charge is 2.18. The van der Waals surface area contributed by atoms with Crippen molar-refractivity contribution < 1.29 is 4.79 Å². The summed E-state index contributed by atoms with van der Waals surface area (Å²) in [5.41, 5.74) is 0. The molecule has 0 aromatic carbocycles. The summed E-state index contributed by atoms with van der Waals surface area (Å²) in [7, 11) is 1.75. The van der Waals surface area contributed by atoms with Gasteiger partial charge in [0.1, 0.15) is 18.0 Å². The van der Waals surface area contributed by atoms with Gasteiger partial charge in [0.15, 0.2) is 0 Å². The van der Waals surface area contributed by atoms with E-state index in [4.69, 9.17) is 0 Å². The molecule has 2 rings (SSSR count). The van der Waals surface area contributed by atoms with Crippen molar-refractivity contribution in [3.05, 3.63) is 30.4 Å². The van der Waals surface area contributed by atoms with Crippen molar-refractivity contribution in [3.8, 4) is 0 Å². The summed E-state index contributed by atoms with van der Waals surface area (Å²) >= 11 is 0. The van der Waals surface area contributed by atoms with E-state index in [1.165, 1.54) is 6.33 Å². The fourth-order valence-electron chi connectivity index (χ4n) is 2.28. The topological polar surface area (TPSA) is 80.9 Å². The predicted molar refractivity (Wildman–Crippen MR) is 82.0 cm³/mol. The molecule has 0 saturated heterocycles. The van der Waals surface area contributed by atoms with Gasteiger partial charge in [-0.05, 0) is 20.8 Å². The molecular formula is C14H23N7O. The summed E-state index contributed by atoms with van der Waals surface area (Å²) in [5.74, 6) is 1.61. The van der Waals surface area contributed by atoms with Crippen LogP contribution < -0.4 is 5.32 Å². The van der Waals surface area contributed by atoms with Crippen molar-refractivity contribution in [2.75, 3.05) is 7.05 Å². The van der Waals surface area contributed by atoms with E-state index in [1.807, 2.05) is 31.5 Å². The van der Waals surface area contributed by atoms with E-state index in [0.29, 0.717) is 6.54 Å². The molecule has 0 aliphatic heterocycles. The normalized spacial score (nSPS) is 12.2. The zero-order valence-corrected chi connectivity index (χ0v) is 13.5. The smallest absolute Gasteiger partial charge is 0.318 e. The molecule has 0 saturated carbocycles. The van der Waals surface area contributed by atoms with E-state index in [0.717, 1.165) is 24.7 Å². The molecule has 2 amide bonds. The molecule has 2 aromatic rings. The van der Waals surface area contributed by atoms with E-state index in [9.17, 15) is 4.79 Å². The minimum atomic E-state index is -0.205. The molecule has 8 nitrogen and oxygen atoms in total. The number of aryl methyl sites for hydroxylation is 2. The third-order valence-electron chi connectivity index (χ3n) is 3.54. The van der Waals surface area contributed by atoms with Gasteiger partial charge in [0, 0.05) is 32.5 Å². The number of imidazole rings is 1. The van der Waals surface area contributed by atoms with Crippen molar-refractivity contribution in [3.63, 3.8) is 0 Å². The van der Waals surface area contributed by atoms with Crippen LogP contribution in [0, 0.1) is 0 Å². The lowest BCUT2D eigenvalue weighted by molar-refractivity contribution is 0.201. The quantitative estimate of drug-likeness (QED) is 0.875. The van der Waals surface area contributed by atoms with Crippen molar-refractivity contribution in [2.45, 2.75) is 46.4 Å². The van der Waals surface area contributed by atoms with Gasteiger partial charge >= 0.3 is 6.03 Å². The van der Waals surface area contributed by atoms with E-state index < -0.39 is 0 Å². The van der Waals surface area contributed by atoms with Crippen LogP contribution in [0.15, 0.2) is 18.7 Å². The molecule has 2 heterocycles. The number of nitrogens with zero attached hydrogens (tertiary/aromatic N) is 6. The standard InChI is InChI=1S/C14H23N7O/c1-5-20-8-7-15-12(20)9-19(4)14(22)18-11(3)13-16-10-17-21(13)6-2/h7-8,10-11H,5-6,9H2,1-4H3,(H,18,22). The zero-order valence-electron chi connectivity index (χ0n) is 13.5. The lowest BCUT2D eigenvalue weighted by Crippen LogP contribution is -2.39. The van der Waals surface area contributed by atoms with Crippen molar-refractivity contribution in [1.82, 2.24) is 34.5 Å². The number of hydrogen-bond donors (Lipinski definition) is 1. The first-order valence-electron chi connectivity index (χ1n) is 7.46. The molecular weight excluding hydrogens is 282 g/mol. The average molecular weight is 305 g/mol. The van der Waals surface area contributed by atoms with Crippen LogP contribution in [-0.4, -0.2) is 42.3 Å². The number of aromatic nitrogens is 5. The van der Waals surface area contributed by atoms with Crippen LogP contribution in [0.2, 0.25) is 0 Å². The molecule has 2 aromatic heterocycles. The van der Waals surface area contributed by atoms with Crippen LogP contribution in [0.1, 0.15) is 38.5 Å². The van der Waals surface area contributed by atoms with Crippen LogP contribution in [-0.2, 0) is 19.6 Å². The fraction of sp³-hybridized carbons (Fsp3) is 0.571. The van der Waals surface area contributed by atoms with Gasteiger partial charge in [0.05, 0.1) is 12.6 Å². The minimum absolute atomic E-state index is 0.163. The Morgan fingerprint density at radius 3 is 2.82 bits per heavy atom. The molecule has 0 radical (unpaired) electrons. The first-order chi connectivity index (χ1) is 10.6. The SMILES string of the molecule is CCn1ccnc1CN(C)C(=O)NC(C)c1ncnn1CC. The van der Waals surface area contributed by atoms with Gasteiger partial charge in [-0.15, -0.1) is 0 Å². The van der Waals surface area contributed by atoms with Gasteiger partial charge in [-0.25, -0.2) is 19.4 Å². The second-order valence-electron chi connectivity index (χ2n) is 5.09. The van der Waals surface area contributed by atoms with Gasteiger partial charge in [-0.3, -0.25) is 0 Å². The molecule has 22 heavy (non-hydrogen) atoms. The number of carbonyl (C=O) groups is 1. The predicted octanol–water partition coefficient (Wildman–Crippen LogP) is 1.42. The Morgan fingerprint density at radius 2 is 2.14 bits per heavy atom. The summed E-state index contributed by atoms with van der Waals surface area (Å²) in [5, 5.41) is 7.05. The molecule has 120 valence electrons. The van der Waals surface area contributed by atoms with Gasteiger partial charge in [-0.1, -0.05) is 0 Å². The largest absolute Gasteiger partial charge is 0.334 e. The summed E-state index contributed by atoms with van der Waals surface area (Å²) < 4.78 is 3.79. The maximum absolute atomic E-state index is 12.3. The molecule has 0 spiro atoms. The maximum atomic E-state index is 12.3. The molecule has 8 heteroatoms. The monoisotopic (exact) mass is 305 g/mol. The van der Waals surface area contributed by atoms with Crippen LogP contribution in [0.3, 0.4) is 0 Å². The summed E-state index contributed by atoms with van der Waals surface area (Å²) in [6.07, 6.45) is 5.16. The van der Waals surface area contributed by atoms with Gasteiger partial charge < -0.3 is 14.8 Å². The van der Waals surface area contributed by atoms with Crippen LogP contribution in [0.25, 0.3) is 0 Å². The van der Waals surface area contributed by atoms with E-state index in [1.54, 1.807) is 22.8 Å². The minimum Gasteiger partial charge on any atom is -0.334 e. The lowest BCUT2D eigenvalue weighted by atomic mass is 10.3. The van der Waals surface area contributed by atoms with Crippen LogP contribution in [0.4, 0.5) is 4.79 Å². The molecule has 1 N–H and O–H groups in total. The fourth-order valence-corrected chi connectivity index (χ4v) is 2.28. The first kappa shape index (κ1) is 16.0. The average Bonchev–Trinajstić information content (AvgIpc) is 3.15. The zero-order chi connectivity index (χ0) is 16.1. The number of rotatable bonds is 6. The summed E-state index contributed by atoms with van der Waals surface area (Å²) in [6, 6.07) is -0.368. The molecule has 0 fully saturated rings. The van der Waals surface area contributed by atoms with Crippen LogP contribution in [0.5, 0.6) is 0 Å². The van der Waals surface area contributed by atoms with E-state index in [2.05, 4.69) is 20.4 Å². The summed E-state index contributed by atoms with van der Waals surface area (Å²) in [4.78, 5) is 22.4. The lowest BCUT2D eigenvalue weighted by Gasteiger charge is -2.21. The van der Waals surface area contributed by atoms with Gasteiger partial charge in [0.2, 0.25) is 0 Å². The Balaban J connectivity index is 1.96. The van der Waals surface area contributed by atoms with E-state index >= 15 is 0 Å². The Labute approximate surface area is 130 Å². The Bertz CT molecular complexity index is 618. The third kappa shape index (κ3) is 3.44. The van der Waals surface area contributed by atoms with Crippen molar-refractivity contribution in [1.29, 1.82) is 0 Å². The second-order valence-corrected chi connectivity index (χ2v) is 5.09. The van der Waals surface area contributed by atoms with E-state index in [-0.39, 0.29) is 12.1 Å². The molecule has 0 bridgehead atoms. The number of urea groups is 1. The number of carbonyl (C=O) groups excluding carboxylic acids is 1. The van der Waals surface area contributed by atoms with Crippen molar-refractivity contribution >= 4 is 6.03 Å². The number of nitrogens with one attached hydrogen (secondary N) is 1. The van der Waals surface area contributed by atoms with Crippen molar-refractivity contribution in [2.24, 2.45) is 0 Å². The number of hydrogen-bond acceptors (Lipinski definition) is 4. The highest BCUT2D eigenvalue weighted by atomic mass is 16.2. The molecule has 1 atom stereocenters. The van der Waals surface area contributed by atoms with Crippen LogP contribution >= 0.6 is 0 Å². The van der Waals surface area contributed by atoms with Gasteiger partial charge in [0.25, 0.3) is 0 Å². The van der Waals surface area contributed by atoms with Gasteiger partial charge in [-0.2, -0.15) is 5.10 Å². The Kier molecular flexibility index (Phi) is 5.13. The maximum Gasteiger partial charge on any atom is 0.318 e. The third-order valence-corrected chi connectivity index (χ3v) is 3.54.